The van der Waals surface area contributed by atoms with Gasteiger partial charge in [0.25, 0.3) is 0 Å². The minimum atomic E-state index is 0.785. The molecule has 6 nitrogen and oxygen atoms in total. The van der Waals surface area contributed by atoms with Crippen LogP contribution in [0.15, 0.2) is 93.3 Å². The molecule has 0 fully saturated rings. The fourth-order valence-electron chi connectivity index (χ4n) is 4.10. The summed E-state index contributed by atoms with van der Waals surface area (Å²) in [6.45, 7) is 13.1. The van der Waals surface area contributed by atoms with Crippen molar-refractivity contribution in [2.45, 2.75) is 53.4 Å². The van der Waals surface area contributed by atoms with Crippen LogP contribution in [-0.4, -0.2) is 26.2 Å². The summed E-state index contributed by atoms with van der Waals surface area (Å²) in [7, 11) is 0. The Labute approximate surface area is 216 Å². The highest BCUT2D eigenvalue weighted by Crippen LogP contribution is 2.26. The topological polar surface area (TPSA) is 55.9 Å². The van der Waals surface area contributed by atoms with E-state index in [0.717, 1.165) is 74.6 Å². The summed E-state index contributed by atoms with van der Waals surface area (Å²) in [6, 6.07) is 24.2. The normalized spacial score (nSPS) is 11.4. The van der Waals surface area contributed by atoms with Crippen LogP contribution >= 0.6 is 0 Å². The van der Waals surface area contributed by atoms with E-state index in [4.69, 9.17) is 0 Å². The molecule has 0 spiro atoms. The van der Waals surface area contributed by atoms with Crippen LogP contribution in [0.3, 0.4) is 0 Å². The molecule has 0 N–H and O–H groups in total. The first-order valence-electron chi connectivity index (χ1n) is 13.3. The molecule has 3 rings (SSSR count). The van der Waals surface area contributed by atoms with E-state index in [0.29, 0.717) is 0 Å². The van der Waals surface area contributed by atoms with Gasteiger partial charge in [0.05, 0.1) is 22.7 Å². The van der Waals surface area contributed by atoms with Crippen LogP contribution in [0.25, 0.3) is 0 Å². The smallest absolute Gasteiger partial charge is 0.0858 e. The van der Waals surface area contributed by atoms with Crippen molar-refractivity contribution in [2.75, 3.05) is 36.0 Å². The molecule has 0 aliphatic rings. The fourth-order valence-corrected chi connectivity index (χ4v) is 4.10. The molecule has 0 unspecified atom stereocenters. The molecule has 3 aromatic carbocycles. The molecule has 190 valence electrons. The second-order valence-electron chi connectivity index (χ2n) is 8.92. The Morgan fingerprint density at radius 2 is 0.611 bits per heavy atom. The molecule has 6 heteroatoms. The summed E-state index contributed by atoms with van der Waals surface area (Å²) in [5, 5.41) is 17.5. The Balaban J connectivity index is 1.58. The second kappa shape index (κ2) is 14.8. The third kappa shape index (κ3) is 8.29. The quantitative estimate of drug-likeness (QED) is 0.214. The van der Waals surface area contributed by atoms with E-state index in [9.17, 15) is 0 Å². The van der Waals surface area contributed by atoms with Crippen LogP contribution in [0.5, 0.6) is 0 Å². The molecule has 0 heterocycles. The van der Waals surface area contributed by atoms with Crippen molar-refractivity contribution in [1.29, 1.82) is 0 Å². The van der Waals surface area contributed by atoms with E-state index >= 15 is 0 Å². The molecule has 0 radical (unpaired) electrons. The first kappa shape index (κ1) is 27.1. The van der Waals surface area contributed by atoms with E-state index in [1.54, 1.807) is 0 Å². The van der Waals surface area contributed by atoms with Gasteiger partial charge in [0, 0.05) is 37.6 Å². The lowest BCUT2D eigenvalue weighted by atomic mass is 10.2. The van der Waals surface area contributed by atoms with Crippen LogP contribution in [0.4, 0.5) is 34.1 Å². The molecule has 36 heavy (non-hydrogen) atoms. The van der Waals surface area contributed by atoms with Crippen molar-refractivity contribution >= 4 is 34.1 Å². The Kier molecular flexibility index (Phi) is 11.1. The standard InChI is InChI=1S/C30H40N6/c1-5-21-35(22-6-2)29-17-13-27(14-18-29)33-31-25-9-11-26(12-10-25)32-34-28-15-19-30(20-16-28)36(23-7-3)24-8-4/h9-20H,5-8,21-24H2,1-4H3. The van der Waals surface area contributed by atoms with Gasteiger partial charge < -0.3 is 9.80 Å². The molecule has 0 saturated carbocycles. The van der Waals surface area contributed by atoms with Crippen LogP contribution in [0.1, 0.15) is 53.4 Å². The summed E-state index contributed by atoms with van der Waals surface area (Å²) in [6.07, 6.45) is 4.56. The predicted octanol–water partition coefficient (Wildman–Crippen LogP) is 9.77. The Morgan fingerprint density at radius 3 is 0.833 bits per heavy atom. The van der Waals surface area contributed by atoms with Gasteiger partial charge in [0.1, 0.15) is 0 Å². The van der Waals surface area contributed by atoms with Crippen molar-refractivity contribution in [2.24, 2.45) is 20.5 Å². The zero-order chi connectivity index (χ0) is 25.6. The van der Waals surface area contributed by atoms with Gasteiger partial charge in [-0.15, -0.1) is 0 Å². The van der Waals surface area contributed by atoms with Gasteiger partial charge in [-0.05, 0) is 98.5 Å². The van der Waals surface area contributed by atoms with Crippen LogP contribution in [0, 0.1) is 0 Å². The number of rotatable bonds is 14. The molecule has 0 aromatic heterocycles. The van der Waals surface area contributed by atoms with Crippen LogP contribution < -0.4 is 9.80 Å². The Morgan fingerprint density at radius 1 is 0.389 bits per heavy atom. The molecule has 0 atom stereocenters. The number of hydrogen-bond acceptors (Lipinski definition) is 6. The summed E-state index contributed by atoms with van der Waals surface area (Å²) in [5.41, 5.74) is 5.73. The minimum absolute atomic E-state index is 0.785. The van der Waals surface area contributed by atoms with Gasteiger partial charge >= 0.3 is 0 Å². The lowest BCUT2D eigenvalue weighted by Crippen LogP contribution is -2.24. The van der Waals surface area contributed by atoms with Crippen molar-refractivity contribution < 1.29 is 0 Å². The Bertz CT molecular complexity index is 971. The van der Waals surface area contributed by atoms with E-state index in [1.165, 1.54) is 11.4 Å². The third-order valence-corrected chi connectivity index (χ3v) is 5.82. The molecule has 3 aromatic rings. The van der Waals surface area contributed by atoms with Gasteiger partial charge in [0.2, 0.25) is 0 Å². The first-order valence-corrected chi connectivity index (χ1v) is 13.3. The molecule has 0 saturated heterocycles. The molecule has 0 amide bonds. The first-order chi connectivity index (χ1) is 17.7. The van der Waals surface area contributed by atoms with E-state index < -0.39 is 0 Å². The lowest BCUT2D eigenvalue weighted by molar-refractivity contribution is 0.745. The van der Waals surface area contributed by atoms with Crippen molar-refractivity contribution in [3.8, 4) is 0 Å². The van der Waals surface area contributed by atoms with Crippen LogP contribution in [0.2, 0.25) is 0 Å². The van der Waals surface area contributed by atoms with Gasteiger partial charge in [-0.3, -0.25) is 0 Å². The lowest BCUT2D eigenvalue weighted by Gasteiger charge is -2.23. The third-order valence-electron chi connectivity index (χ3n) is 5.82. The average molecular weight is 485 g/mol. The molecule has 0 aliphatic heterocycles. The largest absolute Gasteiger partial charge is 0.372 e. The maximum atomic E-state index is 4.39. The van der Waals surface area contributed by atoms with Gasteiger partial charge in [-0.2, -0.15) is 20.5 Å². The zero-order valence-corrected chi connectivity index (χ0v) is 22.3. The highest BCUT2D eigenvalue weighted by Gasteiger charge is 2.05. The van der Waals surface area contributed by atoms with Crippen molar-refractivity contribution in [3.63, 3.8) is 0 Å². The van der Waals surface area contributed by atoms with Crippen molar-refractivity contribution in [1.82, 2.24) is 0 Å². The maximum absolute atomic E-state index is 4.39. The van der Waals surface area contributed by atoms with Gasteiger partial charge in [0.15, 0.2) is 0 Å². The number of hydrogen-bond donors (Lipinski definition) is 0. The van der Waals surface area contributed by atoms with E-state index in [-0.39, 0.29) is 0 Å². The molecule has 0 bridgehead atoms. The minimum Gasteiger partial charge on any atom is -0.372 e. The molecular formula is C30H40N6. The SMILES string of the molecule is CCCN(CCC)c1ccc(N=Nc2ccc(N=Nc3ccc(N(CCC)CCC)cc3)cc2)cc1. The molecule has 0 aliphatic carbocycles. The summed E-state index contributed by atoms with van der Waals surface area (Å²) in [5.74, 6) is 0. The summed E-state index contributed by atoms with van der Waals surface area (Å²) in [4.78, 5) is 4.83. The summed E-state index contributed by atoms with van der Waals surface area (Å²) < 4.78 is 0. The van der Waals surface area contributed by atoms with E-state index in [2.05, 4.69) is 82.2 Å². The molecular weight excluding hydrogens is 444 g/mol. The number of nitrogens with zero attached hydrogens (tertiary/aromatic N) is 6. The number of anilines is 2. The number of azo groups is 2. The Hall–Kier alpha value is -3.54. The van der Waals surface area contributed by atoms with Crippen molar-refractivity contribution in [3.05, 3.63) is 72.8 Å². The van der Waals surface area contributed by atoms with Crippen LogP contribution in [-0.2, 0) is 0 Å². The highest BCUT2D eigenvalue weighted by atomic mass is 15.1. The predicted molar refractivity (Wildman–Crippen MR) is 153 cm³/mol. The maximum Gasteiger partial charge on any atom is 0.0858 e. The zero-order valence-electron chi connectivity index (χ0n) is 22.3. The van der Waals surface area contributed by atoms with E-state index in [1.807, 2.05) is 48.5 Å². The monoisotopic (exact) mass is 484 g/mol. The second-order valence-corrected chi connectivity index (χ2v) is 8.92. The van der Waals surface area contributed by atoms with Gasteiger partial charge in [-0.25, -0.2) is 0 Å². The fraction of sp³-hybridized carbons (Fsp3) is 0.400. The summed E-state index contributed by atoms with van der Waals surface area (Å²) >= 11 is 0. The van der Waals surface area contributed by atoms with Gasteiger partial charge in [-0.1, -0.05) is 27.7 Å². The highest BCUT2D eigenvalue weighted by molar-refractivity contribution is 5.54. The number of benzene rings is 3. The average Bonchev–Trinajstić information content (AvgIpc) is 2.92.